The highest BCUT2D eigenvalue weighted by atomic mass is 35.5. The van der Waals surface area contributed by atoms with Gasteiger partial charge in [0.1, 0.15) is 0 Å². The molecule has 3 fully saturated rings. The second-order valence-corrected chi connectivity index (χ2v) is 7.76. The predicted molar refractivity (Wildman–Crippen MR) is 97.6 cm³/mol. The highest BCUT2D eigenvalue weighted by molar-refractivity contribution is 5.94. The minimum atomic E-state index is 0. The average Bonchev–Trinajstić information content (AvgIpc) is 3.17. The number of amides is 1. The molecule has 1 spiro atoms. The highest BCUT2D eigenvalue weighted by Gasteiger charge is 2.57. The number of hydrogen-bond donors (Lipinski definition) is 3. The van der Waals surface area contributed by atoms with E-state index >= 15 is 0 Å². The maximum absolute atomic E-state index is 12.5. The summed E-state index contributed by atoms with van der Waals surface area (Å²) in [6, 6.07) is 2.06. The van der Waals surface area contributed by atoms with Gasteiger partial charge in [0.15, 0.2) is 5.82 Å². The van der Waals surface area contributed by atoms with Crippen molar-refractivity contribution in [3.05, 3.63) is 11.8 Å². The van der Waals surface area contributed by atoms with Gasteiger partial charge in [-0.25, -0.2) is 0 Å². The second kappa shape index (κ2) is 7.44. The largest absolute Gasteiger partial charge is 0.317 e. The monoisotopic (exact) mass is 352 g/mol. The molecule has 0 aromatic carbocycles. The summed E-state index contributed by atoms with van der Waals surface area (Å²) in [5.41, 5.74) is 1.49. The lowest BCUT2D eigenvalue weighted by molar-refractivity contribution is -0.118. The van der Waals surface area contributed by atoms with Gasteiger partial charge in [0.05, 0.1) is 0 Å². The van der Waals surface area contributed by atoms with Crippen molar-refractivity contribution in [2.75, 3.05) is 18.4 Å². The zero-order valence-electron chi connectivity index (χ0n) is 14.3. The zero-order chi connectivity index (χ0) is 15.7. The number of carbonyl (C=O) groups excluding carboxylic acids is 1. The third-order valence-electron chi connectivity index (χ3n) is 6.25. The first-order valence-electron chi connectivity index (χ1n) is 9.34. The summed E-state index contributed by atoms with van der Waals surface area (Å²) < 4.78 is 0. The van der Waals surface area contributed by atoms with Crippen LogP contribution in [0.5, 0.6) is 0 Å². The van der Waals surface area contributed by atoms with E-state index in [0.717, 1.165) is 32.4 Å². The van der Waals surface area contributed by atoms with E-state index in [1.54, 1.807) is 0 Å². The van der Waals surface area contributed by atoms with Crippen LogP contribution in [0.1, 0.15) is 69.4 Å². The molecule has 1 atom stereocenters. The second-order valence-electron chi connectivity index (χ2n) is 7.76. The number of H-pyrrole nitrogens is 1. The van der Waals surface area contributed by atoms with Gasteiger partial charge in [-0.1, -0.05) is 25.7 Å². The summed E-state index contributed by atoms with van der Waals surface area (Å²) in [7, 11) is 0. The molecule has 3 aliphatic rings. The molecule has 1 amide bonds. The Balaban J connectivity index is 0.00000169. The fourth-order valence-corrected chi connectivity index (χ4v) is 4.61. The Hall–Kier alpha value is -1.07. The molecule has 1 unspecified atom stereocenters. The molecular formula is C18H29ClN4O. The summed E-state index contributed by atoms with van der Waals surface area (Å²) in [6.07, 6.45) is 11.1. The van der Waals surface area contributed by atoms with Crippen LogP contribution in [0.4, 0.5) is 5.82 Å². The van der Waals surface area contributed by atoms with Gasteiger partial charge in [-0.15, -0.1) is 12.4 Å². The Morgan fingerprint density at radius 3 is 2.58 bits per heavy atom. The molecule has 134 valence electrons. The van der Waals surface area contributed by atoms with Gasteiger partial charge in [0.2, 0.25) is 5.91 Å². The van der Waals surface area contributed by atoms with Crippen molar-refractivity contribution in [1.82, 2.24) is 15.5 Å². The normalized spacial score (nSPS) is 26.4. The van der Waals surface area contributed by atoms with Crippen molar-refractivity contribution in [2.24, 2.45) is 11.3 Å². The minimum Gasteiger partial charge on any atom is -0.317 e. The van der Waals surface area contributed by atoms with E-state index in [-0.39, 0.29) is 29.6 Å². The number of halogens is 1. The highest BCUT2D eigenvalue weighted by Crippen LogP contribution is 2.58. The number of aromatic nitrogens is 2. The van der Waals surface area contributed by atoms with E-state index in [1.807, 2.05) is 0 Å². The van der Waals surface area contributed by atoms with Crippen LogP contribution in [0.2, 0.25) is 0 Å². The van der Waals surface area contributed by atoms with Gasteiger partial charge in [0, 0.05) is 23.6 Å². The topological polar surface area (TPSA) is 69.8 Å². The number of hydrogen-bond acceptors (Lipinski definition) is 3. The third-order valence-corrected chi connectivity index (χ3v) is 6.25. The molecular weight excluding hydrogens is 324 g/mol. The molecule has 0 radical (unpaired) electrons. The number of nitrogens with zero attached hydrogens (tertiary/aromatic N) is 1. The maximum Gasteiger partial charge on any atom is 0.229 e. The van der Waals surface area contributed by atoms with Gasteiger partial charge >= 0.3 is 0 Å². The molecule has 5 nitrogen and oxygen atoms in total. The lowest BCUT2D eigenvalue weighted by Crippen LogP contribution is -2.31. The number of piperidine rings is 1. The lowest BCUT2D eigenvalue weighted by Gasteiger charge is -2.23. The molecule has 2 saturated carbocycles. The first-order valence-corrected chi connectivity index (χ1v) is 9.34. The Morgan fingerprint density at radius 2 is 1.88 bits per heavy atom. The van der Waals surface area contributed by atoms with Crippen molar-refractivity contribution in [2.45, 2.75) is 63.7 Å². The van der Waals surface area contributed by atoms with Crippen molar-refractivity contribution in [3.63, 3.8) is 0 Å². The van der Waals surface area contributed by atoms with Crippen LogP contribution in [-0.2, 0) is 4.79 Å². The van der Waals surface area contributed by atoms with Crippen LogP contribution in [0.15, 0.2) is 6.07 Å². The van der Waals surface area contributed by atoms with Gasteiger partial charge < -0.3 is 10.6 Å². The lowest BCUT2D eigenvalue weighted by atomic mass is 9.92. The van der Waals surface area contributed by atoms with Crippen LogP contribution in [0, 0.1) is 11.3 Å². The first kappa shape index (κ1) is 17.7. The van der Waals surface area contributed by atoms with Crippen LogP contribution in [0.3, 0.4) is 0 Å². The summed E-state index contributed by atoms with van der Waals surface area (Å²) in [5, 5.41) is 13.9. The molecule has 2 aliphatic carbocycles. The molecule has 1 saturated heterocycles. The number of aromatic amines is 1. The Bertz CT molecular complexity index is 559. The SMILES string of the molecule is Cl.O=C(Nc1cc(C2CCCCCC2)[nH]n1)C1CC12CCNCC2. The van der Waals surface area contributed by atoms with Crippen molar-refractivity contribution >= 4 is 24.1 Å². The predicted octanol–water partition coefficient (Wildman–Crippen LogP) is 3.60. The molecule has 2 heterocycles. The van der Waals surface area contributed by atoms with Crippen molar-refractivity contribution in [3.8, 4) is 0 Å². The van der Waals surface area contributed by atoms with Crippen LogP contribution in [-0.4, -0.2) is 29.2 Å². The van der Waals surface area contributed by atoms with Crippen LogP contribution < -0.4 is 10.6 Å². The number of carbonyl (C=O) groups is 1. The van der Waals surface area contributed by atoms with Crippen LogP contribution in [0.25, 0.3) is 0 Å². The van der Waals surface area contributed by atoms with Gasteiger partial charge in [-0.05, 0) is 50.6 Å². The smallest absolute Gasteiger partial charge is 0.229 e. The Labute approximate surface area is 150 Å². The van der Waals surface area contributed by atoms with E-state index < -0.39 is 0 Å². The number of rotatable bonds is 3. The van der Waals surface area contributed by atoms with Gasteiger partial charge in [-0.2, -0.15) is 5.10 Å². The Kier molecular flexibility index (Phi) is 5.50. The third kappa shape index (κ3) is 3.62. The van der Waals surface area contributed by atoms with E-state index in [1.165, 1.54) is 44.2 Å². The summed E-state index contributed by atoms with van der Waals surface area (Å²) in [6.45, 7) is 2.11. The van der Waals surface area contributed by atoms with Gasteiger partial charge in [-0.3, -0.25) is 9.89 Å². The molecule has 3 N–H and O–H groups in total. The molecule has 4 rings (SSSR count). The van der Waals surface area contributed by atoms with Crippen molar-refractivity contribution in [1.29, 1.82) is 0 Å². The summed E-state index contributed by atoms with van der Waals surface area (Å²) in [5.74, 6) is 1.67. The number of anilines is 1. The fourth-order valence-electron chi connectivity index (χ4n) is 4.61. The van der Waals surface area contributed by atoms with E-state index in [0.29, 0.717) is 11.7 Å². The van der Waals surface area contributed by atoms with E-state index in [2.05, 4.69) is 26.9 Å². The average molecular weight is 353 g/mol. The molecule has 6 heteroatoms. The Morgan fingerprint density at radius 1 is 1.17 bits per heavy atom. The molecule has 0 bridgehead atoms. The number of nitrogens with one attached hydrogen (secondary N) is 3. The fraction of sp³-hybridized carbons (Fsp3) is 0.778. The van der Waals surface area contributed by atoms with Gasteiger partial charge in [0.25, 0.3) is 0 Å². The van der Waals surface area contributed by atoms with Crippen molar-refractivity contribution < 1.29 is 4.79 Å². The van der Waals surface area contributed by atoms with Crippen LogP contribution >= 0.6 is 12.4 Å². The van der Waals surface area contributed by atoms with E-state index in [4.69, 9.17) is 0 Å². The zero-order valence-corrected chi connectivity index (χ0v) is 15.1. The quantitative estimate of drug-likeness (QED) is 0.728. The summed E-state index contributed by atoms with van der Waals surface area (Å²) in [4.78, 5) is 12.5. The summed E-state index contributed by atoms with van der Waals surface area (Å²) >= 11 is 0. The standard InChI is InChI=1S/C18H28N4O.ClH/c23-17(14-12-18(14)7-9-19-10-8-18)20-16-11-15(21-22-16)13-5-3-1-2-4-6-13;/h11,13-14,19H,1-10,12H2,(H2,20,21,22,23);1H. The van der Waals surface area contributed by atoms with E-state index in [9.17, 15) is 4.79 Å². The minimum absolute atomic E-state index is 0. The first-order chi connectivity index (χ1) is 11.3. The maximum atomic E-state index is 12.5. The molecule has 1 aliphatic heterocycles. The molecule has 24 heavy (non-hydrogen) atoms. The molecule has 1 aromatic rings. The molecule has 1 aromatic heterocycles.